The van der Waals surface area contributed by atoms with E-state index >= 15 is 0 Å². The molecule has 1 aromatic carbocycles. The fourth-order valence-corrected chi connectivity index (χ4v) is 5.40. The second kappa shape index (κ2) is 8.51. The maximum atomic E-state index is 9.09. The summed E-state index contributed by atoms with van der Waals surface area (Å²) >= 11 is 0. The molecule has 0 spiro atoms. The largest absolute Gasteiger partial charge is 0.410 e. The predicted octanol–water partition coefficient (Wildman–Crippen LogP) is 4.52. The van der Waals surface area contributed by atoms with Gasteiger partial charge in [0.15, 0.2) is 8.32 Å². The summed E-state index contributed by atoms with van der Waals surface area (Å²) < 4.78 is 6.60. The van der Waals surface area contributed by atoms with Gasteiger partial charge in [0, 0.05) is 6.61 Å². The molecule has 0 fully saturated rings. The van der Waals surface area contributed by atoms with E-state index < -0.39 is 8.32 Å². The van der Waals surface area contributed by atoms with Gasteiger partial charge in [-0.15, -0.1) is 0 Å². The Morgan fingerprint density at radius 1 is 1.05 bits per heavy atom. The molecule has 1 aromatic rings. The molecule has 0 aliphatic rings. The van der Waals surface area contributed by atoms with E-state index in [2.05, 4.69) is 45.0 Å². The number of hydrogen-bond donors (Lipinski definition) is 1. The van der Waals surface area contributed by atoms with Crippen LogP contribution in [0.5, 0.6) is 0 Å². The minimum atomic E-state index is -1.59. The third-order valence-electron chi connectivity index (χ3n) is 4.12. The van der Waals surface area contributed by atoms with Crippen LogP contribution in [0, 0.1) is 0 Å². The summed E-state index contributed by atoms with van der Waals surface area (Å²) in [6.07, 6.45) is 1.87. The molecule has 0 aromatic heterocycles. The van der Waals surface area contributed by atoms with Gasteiger partial charge in [-0.25, -0.2) is 0 Å². The van der Waals surface area contributed by atoms with E-state index in [1.807, 2.05) is 6.07 Å². The molecule has 0 unspecified atom stereocenters. The normalized spacial score (nSPS) is 13.5. The van der Waals surface area contributed by atoms with Crippen molar-refractivity contribution in [2.45, 2.75) is 57.8 Å². The lowest BCUT2D eigenvalue weighted by atomic mass is 10.1. The second-order valence-electron chi connectivity index (χ2n) is 5.13. The van der Waals surface area contributed by atoms with E-state index in [-0.39, 0.29) is 12.7 Å². The fraction of sp³-hybridized carbons (Fsp3) is 0.625. The molecule has 3 heteroatoms. The molecule has 0 saturated carbocycles. The summed E-state index contributed by atoms with van der Waals surface area (Å²) in [6, 6.07) is 14.0. The van der Waals surface area contributed by atoms with Crippen LogP contribution in [-0.2, 0) is 4.43 Å². The zero-order valence-electron chi connectivity index (χ0n) is 12.6. The van der Waals surface area contributed by atoms with Crippen LogP contribution in [-0.4, -0.2) is 20.0 Å². The molecular weight excluding hydrogens is 252 g/mol. The molecule has 0 radical (unpaired) electrons. The zero-order valence-corrected chi connectivity index (χ0v) is 13.6. The highest BCUT2D eigenvalue weighted by molar-refractivity contribution is 6.73. The van der Waals surface area contributed by atoms with Crippen LogP contribution >= 0.6 is 0 Å². The molecule has 1 rings (SSSR count). The molecule has 2 nitrogen and oxygen atoms in total. The van der Waals surface area contributed by atoms with Gasteiger partial charge in [-0.2, -0.15) is 0 Å². The minimum Gasteiger partial charge on any atom is -0.410 e. The Bertz CT molecular complexity index is 328. The summed E-state index contributed by atoms with van der Waals surface area (Å²) in [4.78, 5) is 0. The maximum Gasteiger partial charge on any atom is 0.192 e. The van der Waals surface area contributed by atoms with Crippen LogP contribution < -0.4 is 0 Å². The van der Waals surface area contributed by atoms with Gasteiger partial charge in [-0.05, 0) is 36.5 Å². The van der Waals surface area contributed by atoms with Crippen LogP contribution in [0.4, 0.5) is 0 Å². The lowest BCUT2D eigenvalue weighted by Gasteiger charge is -2.33. The molecule has 0 aliphatic carbocycles. The summed E-state index contributed by atoms with van der Waals surface area (Å²) in [6.45, 7) is 7.01. The lowest BCUT2D eigenvalue weighted by molar-refractivity contribution is 0.162. The molecule has 1 N–H and O–H groups in total. The molecule has 1 atom stereocenters. The van der Waals surface area contributed by atoms with Crippen molar-refractivity contribution in [3.05, 3.63) is 35.9 Å². The summed E-state index contributed by atoms with van der Waals surface area (Å²) in [7, 11) is -1.59. The van der Waals surface area contributed by atoms with E-state index in [9.17, 15) is 0 Å². The van der Waals surface area contributed by atoms with E-state index in [1.165, 1.54) is 23.7 Å². The Kier molecular flexibility index (Phi) is 7.35. The summed E-state index contributed by atoms with van der Waals surface area (Å²) in [5, 5.41) is 9.09. The number of aliphatic hydroxyl groups is 1. The molecule has 0 aliphatic heterocycles. The number of rotatable bonds is 9. The number of aliphatic hydroxyl groups excluding tert-OH is 1. The Morgan fingerprint density at radius 3 is 2.11 bits per heavy atom. The Morgan fingerprint density at radius 2 is 1.63 bits per heavy atom. The van der Waals surface area contributed by atoms with Crippen LogP contribution in [0.3, 0.4) is 0 Å². The van der Waals surface area contributed by atoms with Gasteiger partial charge in [0.2, 0.25) is 0 Å². The van der Waals surface area contributed by atoms with E-state index in [0.29, 0.717) is 0 Å². The van der Waals surface area contributed by atoms with Crippen LogP contribution in [0.1, 0.15) is 45.3 Å². The first-order valence-corrected chi connectivity index (χ1v) is 10.1. The summed E-state index contributed by atoms with van der Waals surface area (Å²) in [5.41, 5.74) is 1.25. The standard InChI is InChI=1S/C16H28O2Si/c1-4-19(5-2,6-3)18-16(13-10-14-17)15-11-8-7-9-12-15/h7-9,11-12,16-17H,4-6,10,13-14H2,1-3H3/t16-/m0/s1. The Hall–Kier alpha value is -0.643. The van der Waals surface area contributed by atoms with Crippen LogP contribution in [0.2, 0.25) is 18.1 Å². The number of hydrogen-bond acceptors (Lipinski definition) is 2. The second-order valence-corrected chi connectivity index (χ2v) is 9.85. The van der Waals surface area contributed by atoms with Crippen molar-refractivity contribution < 1.29 is 9.53 Å². The molecule has 0 heterocycles. The van der Waals surface area contributed by atoms with Gasteiger partial charge in [-0.1, -0.05) is 51.1 Å². The maximum absolute atomic E-state index is 9.09. The molecule has 0 amide bonds. The first-order valence-electron chi connectivity index (χ1n) is 7.55. The summed E-state index contributed by atoms with van der Waals surface area (Å²) in [5.74, 6) is 0. The van der Waals surface area contributed by atoms with E-state index in [1.54, 1.807) is 0 Å². The SMILES string of the molecule is CC[Si](CC)(CC)O[C@@H](CCCO)c1ccccc1. The third-order valence-corrected chi connectivity index (χ3v) is 8.77. The van der Waals surface area contributed by atoms with Crippen molar-refractivity contribution in [3.8, 4) is 0 Å². The predicted molar refractivity (Wildman–Crippen MR) is 83.8 cm³/mol. The Labute approximate surface area is 118 Å². The number of benzene rings is 1. The average molecular weight is 280 g/mol. The highest BCUT2D eigenvalue weighted by Crippen LogP contribution is 2.32. The van der Waals surface area contributed by atoms with Crippen molar-refractivity contribution in [2.75, 3.05) is 6.61 Å². The van der Waals surface area contributed by atoms with Crippen molar-refractivity contribution >= 4 is 8.32 Å². The van der Waals surface area contributed by atoms with Gasteiger partial charge in [0.1, 0.15) is 0 Å². The first kappa shape index (κ1) is 16.4. The van der Waals surface area contributed by atoms with Crippen LogP contribution in [0.25, 0.3) is 0 Å². The molecule has 108 valence electrons. The molecular formula is C16H28O2Si. The van der Waals surface area contributed by atoms with Crippen molar-refractivity contribution in [3.63, 3.8) is 0 Å². The monoisotopic (exact) mass is 280 g/mol. The highest BCUT2D eigenvalue weighted by atomic mass is 28.4. The zero-order chi connectivity index (χ0) is 14.1. The quantitative estimate of drug-likeness (QED) is 0.674. The lowest BCUT2D eigenvalue weighted by Crippen LogP contribution is -2.37. The topological polar surface area (TPSA) is 29.5 Å². The van der Waals surface area contributed by atoms with Gasteiger partial charge >= 0.3 is 0 Å². The van der Waals surface area contributed by atoms with Crippen molar-refractivity contribution in [1.82, 2.24) is 0 Å². The molecule has 0 saturated heterocycles. The van der Waals surface area contributed by atoms with Crippen LogP contribution in [0.15, 0.2) is 30.3 Å². The smallest absolute Gasteiger partial charge is 0.192 e. The third kappa shape index (κ3) is 4.75. The first-order chi connectivity index (χ1) is 9.21. The van der Waals surface area contributed by atoms with Gasteiger partial charge in [-0.3, -0.25) is 0 Å². The van der Waals surface area contributed by atoms with Gasteiger partial charge in [0.25, 0.3) is 0 Å². The van der Waals surface area contributed by atoms with Gasteiger partial charge in [0.05, 0.1) is 6.10 Å². The van der Waals surface area contributed by atoms with Crippen molar-refractivity contribution in [2.24, 2.45) is 0 Å². The minimum absolute atomic E-state index is 0.153. The average Bonchev–Trinajstić information content (AvgIpc) is 2.49. The molecule has 0 bridgehead atoms. The fourth-order valence-electron chi connectivity index (χ4n) is 2.54. The van der Waals surface area contributed by atoms with Crippen molar-refractivity contribution in [1.29, 1.82) is 0 Å². The highest BCUT2D eigenvalue weighted by Gasteiger charge is 2.32. The van der Waals surface area contributed by atoms with E-state index in [0.717, 1.165) is 12.8 Å². The molecule has 19 heavy (non-hydrogen) atoms. The van der Waals surface area contributed by atoms with Gasteiger partial charge < -0.3 is 9.53 Å². The van der Waals surface area contributed by atoms with E-state index in [4.69, 9.17) is 9.53 Å². The Balaban J connectivity index is 2.85.